The SMILES string of the molecule is COC(C)(C)C#Cc1nc(Cl)n(Cc2ccc(F)cc2)c1C(=O)N[C@@H](C)c1ccc(C(=O)O)cc1. The molecule has 7 nitrogen and oxygen atoms in total. The minimum Gasteiger partial charge on any atom is -0.478 e. The largest absolute Gasteiger partial charge is 0.478 e. The molecule has 0 bridgehead atoms. The quantitative estimate of drug-likeness (QED) is 0.462. The molecule has 1 atom stereocenters. The van der Waals surface area contributed by atoms with E-state index in [1.54, 1.807) is 45.0 Å². The maximum Gasteiger partial charge on any atom is 0.335 e. The predicted octanol–water partition coefficient (Wildman–Crippen LogP) is 4.69. The van der Waals surface area contributed by atoms with Crippen LogP contribution in [0.3, 0.4) is 0 Å². The molecule has 0 unspecified atom stereocenters. The Morgan fingerprint density at radius 2 is 1.83 bits per heavy atom. The van der Waals surface area contributed by atoms with Crippen molar-refractivity contribution in [2.75, 3.05) is 7.11 Å². The van der Waals surface area contributed by atoms with Gasteiger partial charge in [0.05, 0.1) is 18.2 Å². The standard InChI is InChI=1S/C26H25ClFN3O4/c1-16(18-7-9-19(10-8-18)24(33)34)29-23(32)22-21(13-14-26(2,3)35-4)30-25(27)31(22)15-17-5-11-20(28)12-6-17/h5-12,16H,15H2,1-4H3,(H,29,32)(H,33,34)/t16-/m0/s1. The van der Waals surface area contributed by atoms with Crippen LogP contribution in [0.25, 0.3) is 0 Å². The molecule has 1 amide bonds. The van der Waals surface area contributed by atoms with Gasteiger partial charge >= 0.3 is 5.97 Å². The highest BCUT2D eigenvalue weighted by Crippen LogP contribution is 2.21. The van der Waals surface area contributed by atoms with Gasteiger partial charge in [-0.25, -0.2) is 14.2 Å². The van der Waals surface area contributed by atoms with E-state index in [2.05, 4.69) is 22.1 Å². The van der Waals surface area contributed by atoms with E-state index in [-0.39, 0.29) is 34.6 Å². The summed E-state index contributed by atoms with van der Waals surface area (Å²) in [5.41, 5.74) is 1.12. The molecule has 2 aromatic carbocycles. The smallest absolute Gasteiger partial charge is 0.335 e. The number of nitrogens with zero attached hydrogens (tertiary/aromatic N) is 2. The van der Waals surface area contributed by atoms with Crippen molar-refractivity contribution in [1.82, 2.24) is 14.9 Å². The van der Waals surface area contributed by atoms with Crippen molar-refractivity contribution in [2.45, 2.75) is 39.0 Å². The summed E-state index contributed by atoms with van der Waals surface area (Å²) in [6.07, 6.45) is 0. The van der Waals surface area contributed by atoms with Gasteiger partial charge in [0.15, 0.2) is 0 Å². The van der Waals surface area contributed by atoms with Crippen LogP contribution >= 0.6 is 11.6 Å². The van der Waals surface area contributed by atoms with E-state index >= 15 is 0 Å². The Bertz CT molecular complexity index is 1290. The molecule has 2 N–H and O–H groups in total. The average molecular weight is 498 g/mol. The number of aromatic nitrogens is 2. The first-order chi connectivity index (χ1) is 16.5. The van der Waals surface area contributed by atoms with Crippen LogP contribution in [0.1, 0.15) is 64.5 Å². The Labute approximate surface area is 207 Å². The zero-order valence-electron chi connectivity index (χ0n) is 19.7. The Morgan fingerprint density at radius 1 is 1.20 bits per heavy atom. The van der Waals surface area contributed by atoms with Crippen LogP contribution in [0, 0.1) is 17.7 Å². The Balaban J connectivity index is 1.98. The molecule has 0 saturated heterocycles. The second-order valence-electron chi connectivity index (χ2n) is 8.38. The zero-order chi connectivity index (χ0) is 25.8. The fourth-order valence-electron chi connectivity index (χ4n) is 3.18. The number of halogens is 2. The highest BCUT2D eigenvalue weighted by Gasteiger charge is 2.24. The summed E-state index contributed by atoms with van der Waals surface area (Å²) in [5, 5.41) is 12.0. The normalized spacial score (nSPS) is 11.9. The van der Waals surface area contributed by atoms with Crippen molar-refractivity contribution in [2.24, 2.45) is 0 Å². The van der Waals surface area contributed by atoms with E-state index in [0.29, 0.717) is 11.1 Å². The molecule has 3 rings (SSSR count). The lowest BCUT2D eigenvalue weighted by Gasteiger charge is -2.16. The van der Waals surface area contributed by atoms with Crippen molar-refractivity contribution in [3.8, 4) is 11.8 Å². The summed E-state index contributed by atoms with van der Waals surface area (Å²) < 4.78 is 20.2. The molecule has 0 aliphatic carbocycles. The molecule has 0 fully saturated rings. The third-order valence-corrected chi connectivity index (χ3v) is 5.68. The predicted molar refractivity (Wildman–Crippen MR) is 130 cm³/mol. The molecule has 9 heteroatoms. The van der Waals surface area contributed by atoms with E-state index in [9.17, 15) is 14.0 Å². The molecule has 1 aromatic heterocycles. The number of carboxylic acids is 1. The van der Waals surface area contributed by atoms with Gasteiger partial charge in [-0.3, -0.25) is 4.79 Å². The van der Waals surface area contributed by atoms with E-state index in [1.165, 1.54) is 35.9 Å². The van der Waals surface area contributed by atoms with Gasteiger partial charge in [-0.05, 0) is 73.7 Å². The second kappa shape index (κ2) is 10.7. The number of carbonyl (C=O) groups is 2. The van der Waals surface area contributed by atoms with Crippen molar-refractivity contribution >= 4 is 23.5 Å². The third kappa shape index (κ3) is 6.47. The van der Waals surface area contributed by atoms with Crippen LogP contribution in [0.2, 0.25) is 5.28 Å². The lowest BCUT2D eigenvalue weighted by Crippen LogP contribution is -2.29. The van der Waals surface area contributed by atoms with E-state index in [4.69, 9.17) is 21.4 Å². The van der Waals surface area contributed by atoms with Gasteiger partial charge in [-0.1, -0.05) is 30.2 Å². The molecule has 0 saturated carbocycles. The molecular weight excluding hydrogens is 473 g/mol. The summed E-state index contributed by atoms with van der Waals surface area (Å²) in [4.78, 5) is 28.8. The number of methoxy groups -OCH3 is 1. The fraction of sp³-hybridized carbons (Fsp3) is 0.269. The number of nitrogens with one attached hydrogen (secondary N) is 1. The lowest BCUT2D eigenvalue weighted by atomic mass is 10.1. The lowest BCUT2D eigenvalue weighted by molar-refractivity contribution is 0.0696. The number of benzene rings is 2. The summed E-state index contributed by atoms with van der Waals surface area (Å²) >= 11 is 6.40. The Morgan fingerprint density at radius 3 is 2.40 bits per heavy atom. The first-order valence-corrected chi connectivity index (χ1v) is 11.1. The van der Waals surface area contributed by atoms with Crippen LogP contribution in [-0.2, 0) is 11.3 Å². The number of rotatable bonds is 7. The molecule has 0 aliphatic heterocycles. The molecule has 182 valence electrons. The number of hydrogen-bond donors (Lipinski definition) is 2. The number of aromatic carboxylic acids is 1. The number of imidazole rings is 1. The minimum absolute atomic E-state index is 0.0532. The maximum absolute atomic E-state index is 13.4. The zero-order valence-corrected chi connectivity index (χ0v) is 20.5. The van der Waals surface area contributed by atoms with Crippen LogP contribution in [-0.4, -0.2) is 39.2 Å². The first-order valence-electron chi connectivity index (χ1n) is 10.7. The first kappa shape index (κ1) is 25.9. The van der Waals surface area contributed by atoms with Crippen molar-refractivity contribution in [3.63, 3.8) is 0 Å². The average Bonchev–Trinajstić information content (AvgIpc) is 3.14. The number of hydrogen-bond acceptors (Lipinski definition) is 4. The Hall–Kier alpha value is -3.67. The number of ether oxygens (including phenoxy) is 1. The molecule has 1 heterocycles. The van der Waals surface area contributed by atoms with Crippen LogP contribution < -0.4 is 5.32 Å². The van der Waals surface area contributed by atoms with E-state index < -0.39 is 23.5 Å². The molecule has 0 spiro atoms. The highest BCUT2D eigenvalue weighted by atomic mass is 35.5. The third-order valence-electron chi connectivity index (χ3n) is 5.39. The maximum atomic E-state index is 13.4. The number of amides is 1. The fourth-order valence-corrected chi connectivity index (χ4v) is 3.41. The van der Waals surface area contributed by atoms with Crippen molar-refractivity contribution in [3.05, 3.63) is 87.7 Å². The topological polar surface area (TPSA) is 93.5 Å². The van der Waals surface area contributed by atoms with E-state index in [0.717, 1.165) is 0 Å². The van der Waals surface area contributed by atoms with Gasteiger partial charge in [0.25, 0.3) is 5.91 Å². The summed E-state index contributed by atoms with van der Waals surface area (Å²) in [7, 11) is 1.53. The summed E-state index contributed by atoms with van der Waals surface area (Å²) in [5.74, 6) is 3.96. The van der Waals surface area contributed by atoms with Crippen LogP contribution in [0.4, 0.5) is 4.39 Å². The molecule has 0 aliphatic rings. The molecular formula is C26H25ClFN3O4. The van der Waals surface area contributed by atoms with Gasteiger partial charge in [-0.15, -0.1) is 0 Å². The monoisotopic (exact) mass is 497 g/mol. The molecule has 3 aromatic rings. The van der Waals surface area contributed by atoms with Gasteiger partial charge in [0.1, 0.15) is 22.8 Å². The second-order valence-corrected chi connectivity index (χ2v) is 8.72. The van der Waals surface area contributed by atoms with Gasteiger partial charge in [-0.2, -0.15) is 0 Å². The van der Waals surface area contributed by atoms with Gasteiger partial charge < -0.3 is 19.7 Å². The van der Waals surface area contributed by atoms with Crippen molar-refractivity contribution < 1.29 is 23.8 Å². The summed E-state index contributed by atoms with van der Waals surface area (Å²) in [6, 6.07) is 11.6. The highest BCUT2D eigenvalue weighted by molar-refractivity contribution is 6.29. The summed E-state index contributed by atoms with van der Waals surface area (Å²) in [6.45, 7) is 5.50. The van der Waals surface area contributed by atoms with Gasteiger partial charge in [0.2, 0.25) is 5.28 Å². The molecule has 0 radical (unpaired) electrons. The van der Waals surface area contributed by atoms with Crippen LogP contribution in [0.15, 0.2) is 48.5 Å². The van der Waals surface area contributed by atoms with Crippen LogP contribution in [0.5, 0.6) is 0 Å². The number of carbonyl (C=O) groups excluding carboxylic acids is 1. The Kier molecular flexibility index (Phi) is 7.95. The number of carboxylic acid groups (broad SMARTS) is 1. The van der Waals surface area contributed by atoms with Gasteiger partial charge in [0, 0.05) is 7.11 Å². The van der Waals surface area contributed by atoms with E-state index in [1.807, 2.05) is 0 Å². The minimum atomic E-state index is -1.03. The molecule has 35 heavy (non-hydrogen) atoms. The van der Waals surface area contributed by atoms with Crippen molar-refractivity contribution in [1.29, 1.82) is 0 Å².